The fourth-order valence-electron chi connectivity index (χ4n) is 2.18. The average molecular weight is 293 g/mol. The highest BCUT2D eigenvalue weighted by atomic mass is 16.6. The maximum absolute atomic E-state index is 10.3. The third-order valence-corrected chi connectivity index (χ3v) is 3.36. The highest BCUT2D eigenvalue weighted by Gasteiger charge is 1.98. The van der Waals surface area contributed by atoms with Crippen molar-refractivity contribution in [2.24, 2.45) is 0 Å². The molecule has 0 saturated carbocycles. The number of nitro groups is 1. The summed E-state index contributed by atoms with van der Waals surface area (Å²) in [6.45, 7) is 4.26. The fourth-order valence-corrected chi connectivity index (χ4v) is 2.18. The lowest BCUT2D eigenvalue weighted by Crippen LogP contribution is -2.00. The van der Waals surface area contributed by atoms with Crippen LogP contribution in [0.5, 0.6) is 0 Å². The molecule has 0 unspecified atom stereocenters. The molecule has 0 aromatic carbocycles. The van der Waals surface area contributed by atoms with E-state index < -0.39 is 0 Å². The van der Waals surface area contributed by atoms with Crippen LogP contribution in [0, 0.1) is 10.1 Å². The Balaban J connectivity index is 3.85. The van der Waals surface area contributed by atoms with Crippen molar-refractivity contribution in [1.29, 1.82) is 0 Å². The van der Waals surface area contributed by atoms with Gasteiger partial charge >= 0.3 is 0 Å². The van der Waals surface area contributed by atoms with Gasteiger partial charge in [0.15, 0.2) is 0 Å². The molecule has 0 atom stereocenters. The minimum atomic E-state index is -0.248. The molecular formula is C18H31NO2. The van der Waals surface area contributed by atoms with Crippen molar-refractivity contribution in [3.8, 4) is 0 Å². The summed E-state index contributed by atoms with van der Waals surface area (Å²) < 4.78 is 0. The Labute approximate surface area is 130 Å². The van der Waals surface area contributed by atoms with E-state index in [0.717, 1.165) is 12.8 Å². The minimum Gasteiger partial charge on any atom is -0.265 e. The molecule has 0 radical (unpaired) electrons. The highest BCUT2D eigenvalue weighted by Crippen LogP contribution is 2.09. The van der Waals surface area contributed by atoms with Crippen LogP contribution in [0.1, 0.15) is 71.6 Å². The molecule has 0 fully saturated rings. The molecule has 0 heterocycles. The molecule has 21 heavy (non-hydrogen) atoms. The predicted molar refractivity (Wildman–Crippen MR) is 91.1 cm³/mol. The number of allylic oxidation sites excluding steroid dienone is 6. The van der Waals surface area contributed by atoms with Crippen molar-refractivity contribution in [1.82, 2.24) is 0 Å². The van der Waals surface area contributed by atoms with Crippen LogP contribution in [-0.2, 0) is 0 Å². The number of hydrogen-bond donors (Lipinski definition) is 0. The van der Waals surface area contributed by atoms with E-state index in [-0.39, 0.29) is 11.5 Å². The Morgan fingerprint density at radius 2 is 1.81 bits per heavy atom. The van der Waals surface area contributed by atoms with Gasteiger partial charge in [-0.1, -0.05) is 69.4 Å². The van der Waals surface area contributed by atoms with Gasteiger partial charge in [-0.15, -0.1) is 0 Å². The summed E-state index contributed by atoms with van der Waals surface area (Å²) in [5.41, 5.74) is 1.17. The quantitative estimate of drug-likeness (QED) is 0.185. The molecule has 0 aromatic heterocycles. The van der Waals surface area contributed by atoms with Gasteiger partial charge in [0, 0.05) is 11.3 Å². The second-order valence-electron chi connectivity index (χ2n) is 5.39. The summed E-state index contributed by atoms with van der Waals surface area (Å²) in [5, 5.41) is 10.3. The van der Waals surface area contributed by atoms with Crippen LogP contribution in [-0.4, -0.2) is 11.5 Å². The third kappa shape index (κ3) is 14.8. The van der Waals surface area contributed by atoms with Gasteiger partial charge in [-0.3, -0.25) is 10.1 Å². The first-order valence-corrected chi connectivity index (χ1v) is 8.30. The SMILES string of the molecule is C\C=C/C(=C\C=C\CCCCCCCC)CCC[N+](=O)[O-]. The Morgan fingerprint density at radius 1 is 1.10 bits per heavy atom. The summed E-state index contributed by atoms with van der Waals surface area (Å²) in [7, 11) is 0. The molecule has 3 nitrogen and oxygen atoms in total. The molecule has 0 aromatic rings. The van der Waals surface area contributed by atoms with Crippen LogP contribution in [0.25, 0.3) is 0 Å². The molecule has 0 amide bonds. The monoisotopic (exact) mass is 293 g/mol. The molecule has 120 valence electrons. The van der Waals surface area contributed by atoms with Crippen LogP contribution in [0.2, 0.25) is 0 Å². The van der Waals surface area contributed by atoms with Crippen LogP contribution < -0.4 is 0 Å². The van der Waals surface area contributed by atoms with Gasteiger partial charge in [-0.2, -0.15) is 0 Å². The van der Waals surface area contributed by atoms with Gasteiger partial charge in [0.25, 0.3) is 0 Å². The highest BCUT2D eigenvalue weighted by molar-refractivity contribution is 5.23. The first kappa shape index (κ1) is 19.6. The first-order valence-electron chi connectivity index (χ1n) is 8.30. The van der Waals surface area contributed by atoms with E-state index in [1.54, 1.807) is 0 Å². The Hall–Kier alpha value is -1.38. The molecule has 0 aliphatic heterocycles. The number of hydrogen-bond acceptors (Lipinski definition) is 2. The van der Waals surface area contributed by atoms with Crippen LogP contribution >= 0.6 is 0 Å². The van der Waals surface area contributed by atoms with Crippen molar-refractivity contribution in [3.63, 3.8) is 0 Å². The summed E-state index contributed by atoms with van der Waals surface area (Å²) in [6.07, 6.45) is 20.8. The molecule has 3 heteroatoms. The zero-order chi connectivity index (χ0) is 15.8. The average Bonchev–Trinajstić information content (AvgIpc) is 2.45. The summed E-state index contributed by atoms with van der Waals surface area (Å²) >= 11 is 0. The number of rotatable bonds is 13. The zero-order valence-electron chi connectivity index (χ0n) is 13.7. The Bertz CT molecular complexity index is 343. The zero-order valence-corrected chi connectivity index (χ0v) is 13.7. The number of unbranched alkanes of at least 4 members (excludes halogenated alkanes) is 6. The minimum absolute atomic E-state index is 0.0520. The summed E-state index contributed by atoms with van der Waals surface area (Å²) in [6, 6.07) is 0. The molecule has 0 rings (SSSR count). The van der Waals surface area contributed by atoms with Gasteiger partial charge in [-0.05, 0) is 31.8 Å². The molecule has 0 bridgehead atoms. The van der Waals surface area contributed by atoms with Crippen LogP contribution in [0.4, 0.5) is 0 Å². The first-order chi connectivity index (χ1) is 10.2. The van der Waals surface area contributed by atoms with E-state index in [0.29, 0.717) is 6.42 Å². The molecule has 0 N–H and O–H groups in total. The maximum atomic E-state index is 10.3. The van der Waals surface area contributed by atoms with Crippen molar-refractivity contribution in [3.05, 3.63) is 46.1 Å². The van der Waals surface area contributed by atoms with Gasteiger partial charge in [-0.25, -0.2) is 0 Å². The van der Waals surface area contributed by atoms with E-state index in [4.69, 9.17) is 0 Å². The van der Waals surface area contributed by atoms with E-state index in [1.165, 1.54) is 44.1 Å². The fraction of sp³-hybridized carbons (Fsp3) is 0.667. The maximum Gasteiger partial charge on any atom is 0.204 e. The lowest BCUT2D eigenvalue weighted by Gasteiger charge is -1.99. The topological polar surface area (TPSA) is 43.1 Å². The van der Waals surface area contributed by atoms with Crippen LogP contribution in [0.15, 0.2) is 36.0 Å². The van der Waals surface area contributed by atoms with Gasteiger partial charge in [0.2, 0.25) is 6.54 Å². The van der Waals surface area contributed by atoms with Gasteiger partial charge < -0.3 is 0 Å². The van der Waals surface area contributed by atoms with Crippen molar-refractivity contribution < 1.29 is 4.92 Å². The molecule has 0 spiro atoms. The smallest absolute Gasteiger partial charge is 0.204 e. The third-order valence-electron chi connectivity index (χ3n) is 3.36. The molecule has 0 aliphatic rings. The molecule has 0 aliphatic carbocycles. The normalized spacial score (nSPS) is 12.6. The molecular weight excluding hydrogens is 262 g/mol. The van der Waals surface area contributed by atoms with E-state index in [2.05, 4.69) is 25.2 Å². The second-order valence-corrected chi connectivity index (χ2v) is 5.39. The second kappa shape index (κ2) is 15.0. The lowest BCUT2D eigenvalue weighted by molar-refractivity contribution is -0.480. The van der Waals surface area contributed by atoms with E-state index in [1.807, 2.05) is 19.1 Å². The predicted octanol–water partition coefficient (Wildman–Crippen LogP) is 5.85. The Morgan fingerprint density at radius 3 is 2.48 bits per heavy atom. The van der Waals surface area contributed by atoms with Crippen molar-refractivity contribution in [2.75, 3.05) is 6.54 Å². The van der Waals surface area contributed by atoms with Gasteiger partial charge in [0.05, 0.1) is 0 Å². The van der Waals surface area contributed by atoms with Gasteiger partial charge in [0.1, 0.15) is 0 Å². The largest absolute Gasteiger partial charge is 0.265 e. The standard InChI is InChI=1S/C18H31NO2/c1-3-5-6-7-8-9-10-11-12-15-18(14-4-2)16-13-17-19(20)21/h4,11-12,14-15H,3,5-10,13,16-17H2,1-2H3/b12-11+,14-4-,18-15+. The van der Waals surface area contributed by atoms with E-state index >= 15 is 0 Å². The number of nitrogens with zero attached hydrogens (tertiary/aromatic N) is 1. The van der Waals surface area contributed by atoms with Crippen molar-refractivity contribution in [2.45, 2.75) is 71.6 Å². The van der Waals surface area contributed by atoms with Crippen LogP contribution in [0.3, 0.4) is 0 Å². The summed E-state index contributed by atoms with van der Waals surface area (Å²) in [5.74, 6) is 0. The van der Waals surface area contributed by atoms with E-state index in [9.17, 15) is 10.1 Å². The summed E-state index contributed by atoms with van der Waals surface area (Å²) in [4.78, 5) is 10.1. The van der Waals surface area contributed by atoms with Crippen molar-refractivity contribution >= 4 is 0 Å². The molecule has 0 saturated heterocycles. The lowest BCUT2D eigenvalue weighted by atomic mass is 10.1. The Kier molecular flexibility index (Phi) is 14.0.